The molecule has 1 aliphatic rings. The van der Waals surface area contributed by atoms with Gasteiger partial charge in [0.2, 0.25) is 5.91 Å². The van der Waals surface area contributed by atoms with Gasteiger partial charge < -0.3 is 5.32 Å². The number of rotatable bonds is 4. The van der Waals surface area contributed by atoms with E-state index in [1.54, 1.807) is 0 Å². The Balaban J connectivity index is 0.00000192. The van der Waals surface area contributed by atoms with E-state index in [2.05, 4.69) is 22.3 Å². The Labute approximate surface area is 144 Å². The van der Waals surface area contributed by atoms with Crippen LogP contribution in [0.1, 0.15) is 24.0 Å². The first kappa shape index (κ1) is 17.5. The molecule has 23 heavy (non-hydrogen) atoms. The Kier molecular flexibility index (Phi) is 6.20. The van der Waals surface area contributed by atoms with Crippen LogP contribution in [0.15, 0.2) is 54.6 Å². The summed E-state index contributed by atoms with van der Waals surface area (Å²) in [5.74, 6) is 0.114. The number of anilines is 1. The summed E-state index contributed by atoms with van der Waals surface area (Å²) >= 11 is 0. The topological polar surface area (TPSA) is 32.3 Å². The minimum absolute atomic E-state index is 0. The van der Waals surface area contributed by atoms with Gasteiger partial charge in [0.25, 0.3) is 0 Å². The van der Waals surface area contributed by atoms with Crippen LogP contribution < -0.4 is 5.32 Å². The Bertz CT molecular complexity index is 645. The van der Waals surface area contributed by atoms with Crippen LogP contribution in [0, 0.1) is 6.92 Å². The lowest BCUT2D eigenvalue weighted by Crippen LogP contribution is -2.39. The second-order valence-electron chi connectivity index (χ2n) is 5.92. The number of hydrogen-bond donors (Lipinski definition) is 1. The smallest absolute Gasteiger partial charge is 0.241 e. The monoisotopic (exact) mass is 330 g/mol. The highest BCUT2D eigenvalue weighted by atomic mass is 35.5. The van der Waals surface area contributed by atoms with Crippen molar-refractivity contribution in [1.29, 1.82) is 0 Å². The molecule has 1 amide bonds. The molecular weight excluding hydrogens is 308 g/mol. The molecular formula is C19H23ClN2O. The standard InChI is InChI=1S/C19H22N2O.ClH/c1-15-8-5-6-11-17(15)20-19(22)18-12-7-13-21(18)14-16-9-3-2-4-10-16;/h2-6,8-11,18H,7,12-14H2,1H3,(H,20,22);1H. The number of aryl methyl sites for hydroxylation is 1. The molecule has 0 saturated carbocycles. The number of amides is 1. The first-order chi connectivity index (χ1) is 10.7. The Morgan fingerprint density at radius 3 is 2.57 bits per heavy atom. The van der Waals surface area contributed by atoms with E-state index in [9.17, 15) is 4.79 Å². The van der Waals surface area contributed by atoms with E-state index in [4.69, 9.17) is 0 Å². The molecule has 1 saturated heterocycles. The van der Waals surface area contributed by atoms with Crippen molar-refractivity contribution in [2.24, 2.45) is 0 Å². The predicted molar refractivity (Wildman–Crippen MR) is 96.9 cm³/mol. The fourth-order valence-electron chi connectivity index (χ4n) is 3.06. The summed E-state index contributed by atoms with van der Waals surface area (Å²) in [4.78, 5) is 14.9. The summed E-state index contributed by atoms with van der Waals surface area (Å²) in [6, 6.07) is 18.3. The number of hydrogen-bond acceptors (Lipinski definition) is 2. The number of nitrogens with one attached hydrogen (secondary N) is 1. The third-order valence-corrected chi connectivity index (χ3v) is 4.30. The van der Waals surface area contributed by atoms with Gasteiger partial charge in [0.15, 0.2) is 0 Å². The van der Waals surface area contributed by atoms with E-state index in [0.717, 1.165) is 37.2 Å². The summed E-state index contributed by atoms with van der Waals surface area (Å²) < 4.78 is 0. The van der Waals surface area contributed by atoms with E-state index in [0.29, 0.717) is 0 Å². The first-order valence-electron chi connectivity index (χ1n) is 7.88. The fraction of sp³-hybridized carbons (Fsp3) is 0.316. The summed E-state index contributed by atoms with van der Waals surface area (Å²) in [6.45, 7) is 3.85. The minimum atomic E-state index is -0.0280. The van der Waals surface area contributed by atoms with E-state index in [1.165, 1.54) is 5.56 Å². The number of para-hydroxylation sites is 1. The molecule has 1 heterocycles. The third kappa shape index (κ3) is 4.34. The highest BCUT2D eigenvalue weighted by Crippen LogP contribution is 2.22. The Hall–Kier alpha value is -1.84. The van der Waals surface area contributed by atoms with Gasteiger partial charge in [0, 0.05) is 12.2 Å². The third-order valence-electron chi connectivity index (χ3n) is 4.30. The second-order valence-corrected chi connectivity index (χ2v) is 5.92. The summed E-state index contributed by atoms with van der Waals surface area (Å²) in [7, 11) is 0. The number of nitrogens with zero attached hydrogens (tertiary/aromatic N) is 1. The first-order valence-corrected chi connectivity index (χ1v) is 7.88. The lowest BCUT2D eigenvalue weighted by Gasteiger charge is -2.24. The predicted octanol–water partition coefficient (Wildman–Crippen LogP) is 4.02. The lowest BCUT2D eigenvalue weighted by atomic mass is 10.1. The van der Waals surface area contributed by atoms with Crippen LogP contribution in [0.4, 0.5) is 5.69 Å². The van der Waals surface area contributed by atoms with Crippen molar-refractivity contribution in [1.82, 2.24) is 4.90 Å². The van der Waals surface area contributed by atoms with Crippen molar-refractivity contribution in [2.45, 2.75) is 32.4 Å². The molecule has 1 aliphatic heterocycles. The van der Waals surface area contributed by atoms with Crippen molar-refractivity contribution in [3.05, 3.63) is 65.7 Å². The number of carbonyl (C=O) groups excluding carboxylic acids is 1. The highest BCUT2D eigenvalue weighted by molar-refractivity contribution is 5.95. The molecule has 1 unspecified atom stereocenters. The normalized spacial score (nSPS) is 17.5. The van der Waals surface area contributed by atoms with Gasteiger partial charge in [-0.2, -0.15) is 0 Å². The molecule has 2 aromatic rings. The quantitative estimate of drug-likeness (QED) is 0.918. The van der Waals surface area contributed by atoms with Crippen LogP contribution >= 0.6 is 12.4 Å². The molecule has 3 rings (SSSR count). The van der Waals surface area contributed by atoms with Crippen LogP contribution in [0.25, 0.3) is 0 Å². The average Bonchev–Trinajstić information content (AvgIpc) is 2.99. The summed E-state index contributed by atoms with van der Waals surface area (Å²) in [5, 5.41) is 3.09. The van der Waals surface area contributed by atoms with Gasteiger partial charge >= 0.3 is 0 Å². The van der Waals surface area contributed by atoms with Gasteiger partial charge in [0.1, 0.15) is 0 Å². The lowest BCUT2D eigenvalue weighted by molar-refractivity contribution is -0.120. The zero-order valence-electron chi connectivity index (χ0n) is 13.4. The molecule has 0 bridgehead atoms. The van der Waals surface area contributed by atoms with Crippen LogP contribution in [-0.4, -0.2) is 23.4 Å². The maximum Gasteiger partial charge on any atom is 0.241 e. The van der Waals surface area contributed by atoms with Crippen LogP contribution in [0.5, 0.6) is 0 Å². The van der Waals surface area contributed by atoms with Gasteiger partial charge in [-0.1, -0.05) is 48.5 Å². The van der Waals surface area contributed by atoms with E-state index in [1.807, 2.05) is 49.4 Å². The summed E-state index contributed by atoms with van der Waals surface area (Å²) in [6.07, 6.45) is 2.02. The molecule has 0 radical (unpaired) electrons. The molecule has 3 nitrogen and oxygen atoms in total. The summed E-state index contributed by atoms with van der Waals surface area (Å²) in [5.41, 5.74) is 3.28. The molecule has 1 N–H and O–H groups in total. The van der Waals surface area contributed by atoms with E-state index in [-0.39, 0.29) is 24.4 Å². The van der Waals surface area contributed by atoms with Gasteiger partial charge in [-0.3, -0.25) is 9.69 Å². The molecule has 0 aliphatic carbocycles. The molecule has 0 spiro atoms. The van der Waals surface area contributed by atoms with Crippen molar-refractivity contribution < 1.29 is 4.79 Å². The molecule has 122 valence electrons. The van der Waals surface area contributed by atoms with Crippen molar-refractivity contribution >= 4 is 24.0 Å². The number of halogens is 1. The minimum Gasteiger partial charge on any atom is -0.324 e. The second kappa shape index (κ2) is 8.14. The largest absolute Gasteiger partial charge is 0.324 e. The fourth-order valence-corrected chi connectivity index (χ4v) is 3.06. The van der Waals surface area contributed by atoms with Gasteiger partial charge in [-0.05, 0) is 43.5 Å². The van der Waals surface area contributed by atoms with Crippen molar-refractivity contribution in [3.63, 3.8) is 0 Å². The Morgan fingerprint density at radius 2 is 1.83 bits per heavy atom. The molecule has 4 heteroatoms. The van der Waals surface area contributed by atoms with Crippen LogP contribution in [0.3, 0.4) is 0 Å². The maximum atomic E-state index is 12.6. The molecule has 1 atom stereocenters. The van der Waals surface area contributed by atoms with Crippen molar-refractivity contribution in [3.8, 4) is 0 Å². The van der Waals surface area contributed by atoms with Crippen LogP contribution in [-0.2, 0) is 11.3 Å². The average molecular weight is 331 g/mol. The SMILES string of the molecule is Cc1ccccc1NC(=O)C1CCCN1Cc1ccccc1.Cl. The highest BCUT2D eigenvalue weighted by Gasteiger charge is 2.30. The number of benzene rings is 2. The molecule has 2 aromatic carbocycles. The number of likely N-dealkylation sites (tertiary alicyclic amines) is 1. The zero-order valence-corrected chi connectivity index (χ0v) is 14.2. The van der Waals surface area contributed by atoms with Gasteiger partial charge in [-0.15, -0.1) is 12.4 Å². The molecule has 0 aromatic heterocycles. The van der Waals surface area contributed by atoms with E-state index < -0.39 is 0 Å². The molecule has 1 fully saturated rings. The van der Waals surface area contributed by atoms with Gasteiger partial charge in [-0.25, -0.2) is 0 Å². The Morgan fingerprint density at radius 1 is 1.13 bits per heavy atom. The van der Waals surface area contributed by atoms with Crippen LogP contribution in [0.2, 0.25) is 0 Å². The number of carbonyl (C=O) groups is 1. The zero-order chi connectivity index (χ0) is 15.4. The van der Waals surface area contributed by atoms with Crippen molar-refractivity contribution in [2.75, 3.05) is 11.9 Å². The van der Waals surface area contributed by atoms with E-state index >= 15 is 0 Å². The van der Waals surface area contributed by atoms with Gasteiger partial charge in [0.05, 0.1) is 6.04 Å². The maximum absolute atomic E-state index is 12.6.